The zero-order valence-electron chi connectivity index (χ0n) is 9.59. The predicted molar refractivity (Wildman–Crippen MR) is 56.8 cm³/mol. The van der Waals surface area contributed by atoms with Crippen molar-refractivity contribution in [2.45, 2.75) is 45.8 Å². The summed E-state index contributed by atoms with van der Waals surface area (Å²) in [7, 11) is 0. The van der Waals surface area contributed by atoms with Crippen molar-refractivity contribution in [3.8, 4) is 0 Å². The van der Waals surface area contributed by atoms with E-state index < -0.39 is 18.2 Å². The molecule has 0 aliphatic rings. The van der Waals surface area contributed by atoms with Crippen LogP contribution in [0, 0.1) is 5.92 Å². The Morgan fingerprint density at radius 2 is 1.19 bits per heavy atom. The van der Waals surface area contributed by atoms with E-state index in [1.54, 1.807) is 13.8 Å². The molecule has 96 valence electrons. The van der Waals surface area contributed by atoms with Crippen LogP contribution in [0.4, 0.5) is 0 Å². The summed E-state index contributed by atoms with van der Waals surface area (Å²) >= 11 is 0. The highest BCUT2D eigenvalue weighted by molar-refractivity contribution is 5.67. The Kier molecular flexibility index (Phi) is 11.2. The summed E-state index contributed by atoms with van der Waals surface area (Å²) in [5, 5.41) is 32.6. The van der Waals surface area contributed by atoms with Gasteiger partial charge in [0, 0.05) is 18.8 Å². The zero-order valence-corrected chi connectivity index (χ0v) is 9.59. The molecule has 0 aromatic heterocycles. The quantitative estimate of drug-likeness (QED) is 0.398. The molecule has 0 saturated carbocycles. The van der Waals surface area contributed by atoms with E-state index in [0.717, 1.165) is 0 Å². The van der Waals surface area contributed by atoms with E-state index >= 15 is 0 Å². The minimum absolute atomic E-state index is 0.0370. The van der Waals surface area contributed by atoms with Crippen molar-refractivity contribution < 1.29 is 30.0 Å². The van der Waals surface area contributed by atoms with Crippen LogP contribution in [0.3, 0.4) is 0 Å². The van der Waals surface area contributed by atoms with Crippen LogP contribution in [-0.4, -0.2) is 38.7 Å². The normalized spacial score (nSPS) is 9.88. The molecule has 0 rings (SSSR count). The summed E-state index contributed by atoms with van der Waals surface area (Å²) in [5.41, 5.74) is 0. The lowest BCUT2D eigenvalue weighted by Gasteiger charge is -2.03. The highest BCUT2D eigenvalue weighted by Gasteiger charge is 2.00. The fraction of sp³-hybridized carbons (Fsp3) is 0.800. The van der Waals surface area contributed by atoms with Crippen LogP contribution in [0.15, 0.2) is 0 Å². The molecule has 0 aliphatic carbocycles. The summed E-state index contributed by atoms with van der Waals surface area (Å²) in [5.74, 6) is -1.78. The molecule has 6 nitrogen and oxygen atoms in total. The van der Waals surface area contributed by atoms with E-state index in [2.05, 4.69) is 0 Å². The third-order valence-corrected chi connectivity index (χ3v) is 1.63. The lowest BCUT2D eigenvalue weighted by atomic mass is 10.2. The van der Waals surface area contributed by atoms with Gasteiger partial charge in [0.05, 0.1) is 0 Å². The standard InChI is InChI=1S/C6H10O4.C4H10O2/c7-5(8)3-1-2-4-6(9)10;1-3(2)4(5)6/h1-4H2,(H,7,8)(H,9,10);3-6H,1-2H3. The van der Waals surface area contributed by atoms with E-state index in [1.807, 2.05) is 0 Å². The van der Waals surface area contributed by atoms with Gasteiger partial charge >= 0.3 is 11.9 Å². The summed E-state index contributed by atoms with van der Waals surface area (Å²) in [6.07, 6.45) is -0.130. The Labute approximate surface area is 94.5 Å². The van der Waals surface area contributed by atoms with Crippen LogP contribution in [0.25, 0.3) is 0 Å². The number of hydrogen-bond donors (Lipinski definition) is 4. The minimum Gasteiger partial charge on any atom is -0.481 e. The fourth-order valence-corrected chi connectivity index (χ4v) is 0.552. The molecule has 0 bridgehead atoms. The molecule has 16 heavy (non-hydrogen) atoms. The van der Waals surface area contributed by atoms with Crippen molar-refractivity contribution in [3.05, 3.63) is 0 Å². The van der Waals surface area contributed by atoms with E-state index in [9.17, 15) is 9.59 Å². The van der Waals surface area contributed by atoms with Gasteiger partial charge < -0.3 is 20.4 Å². The summed E-state index contributed by atoms with van der Waals surface area (Å²) in [6.45, 7) is 3.48. The molecule has 6 heteroatoms. The van der Waals surface area contributed by atoms with Gasteiger partial charge in [-0.05, 0) is 12.8 Å². The molecule has 0 unspecified atom stereocenters. The maximum absolute atomic E-state index is 9.90. The molecule has 0 aromatic rings. The second-order valence-electron chi connectivity index (χ2n) is 3.65. The number of unbranched alkanes of at least 4 members (excludes halogenated alkanes) is 1. The summed E-state index contributed by atoms with van der Waals surface area (Å²) < 4.78 is 0. The van der Waals surface area contributed by atoms with E-state index in [0.29, 0.717) is 12.8 Å². The van der Waals surface area contributed by atoms with Gasteiger partial charge in [-0.2, -0.15) is 0 Å². The van der Waals surface area contributed by atoms with Gasteiger partial charge in [-0.1, -0.05) is 13.8 Å². The number of aliphatic hydroxyl groups excluding tert-OH is 1. The molecular formula is C10H20O6. The fourth-order valence-electron chi connectivity index (χ4n) is 0.552. The highest BCUT2D eigenvalue weighted by Crippen LogP contribution is 1.98. The van der Waals surface area contributed by atoms with Crippen LogP contribution >= 0.6 is 0 Å². The molecule has 0 spiro atoms. The third-order valence-electron chi connectivity index (χ3n) is 1.63. The van der Waals surface area contributed by atoms with Crippen LogP contribution in [-0.2, 0) is 9.59 Å². The number of carbonyl (C=O) groups is 2. The molecule has 4 N–H and O–H groups in total. The van der Waals surface area contributed by atoms with Gasteiger partial charge in [-0.15, -0.1) is 0 Å². The van der Waals surface area contributed by atoms with Crippen molar-refractivity contribution >= 4 is 11.9 Å². The molecule has 0 aliphatic heterocycles. The van der Waals surface area contributed by atoms with E-state index in [-0.39, 0.29) is 18.8 Å². The SMILES string of the molecule is CC(C)C(O)O.O=C(O)CCCCC(=O)O. The van der Waals surface area contributed by atoms with Gasteiger partial charge in [-0.25, -0.2) is 0 Å². The number of aliphatic hydroxyl groups is 2. The first-order valence-electron chi connectivity index (χ1n) is 5.07. The van der Waals surface area contributed by atoms with Gasteiger partial charge in [0.25, 0.3) is 0 Å². The number of hydrogen-bond acceptors (Lipinski definition) is 4. The average molecular weight is 236 g/mol. The topological polar surface area (TPSA) is 115 Å². The first kappa shape index (κ1) is 17.3. The van der Waals surface area contributed by atoms with Gasteiger partial charge in [0.2, 0.25) is 0 Å². The predicted octanol–water partition coefficient (Wildman–Crippen LogP) is 0.669. The Bertz CT molecular complexity index is 177. The van der Waals surface area contributed by atoms with Crippen LogP contribution < -0.4 is 0 Å². The number of rotatable bonds is 6. The molecular weight excluding hydrogens is 216 g/mol. The first-order chi connectivity index (χ1) is 7.27. The molecule has 0 fully saturated rings. The Hall–Kier alpha value is -1.14. The van der Waals surface area contributed by atoms with Crippen molar-refractivity contribution in [1.29, 1.82) is 0 Å². The Balaban J connectivity index is 0. The first-order valence-corrected chi connectivity index (χ1v) is 5.07. The van der Waals surface area contributed by atoms with Gasteiger partial charge in [0.15, 0.2) is 6.29 Å². The Morgan fingerprint density at radius 1 is 0.938 bits per heavy atom. The molecule has 0 atom stereocenters. The largest absolute Gasteiger partial charge is 0.481 e. The lowest BCUT2D eigenvalue weighted by molar-refractivity contribution is -0.139. The maximum Gasteiger partial charge on any atom is 0.303 e. The van der Waals surface area contributed by atoms with Gasteiger partial charge in [-0.3, -0.25) is 9.59 Å². The second kappa shape index (κ2) is 10.4. The number of carboxylic acid groups (broad SMARTS) is 2. The van der Waals surface area contributed by atoms with Crippen molar-refractivity contribution in [3.63, 3.8) is 0 Å². The highest BCUT2D eigenvalue weighted by atomic mass is 16.5. The molecule has 0 radical (unpaired) electrons. The monoisotopic (exact) mass is 236 g/mol. The maximum atomic E-state index is 9.90. The smallest absolute Gasteiger partial charge is 0.303 e. The summed E-state index contributed by atoms with van der Waals surface area (Å²) in [4.78, 5) is 19.8. The van der Waals surface area contributed by atoms with Crippen molar-refractivity contribution in [2.24, 2.45) is 5.92 Å². The molecule has 0 saturated heterocycles. The molecule has 0 aromatic carbocycles. The second-order valence-corrected chi connectivity index (χ2v) is 3.65. The van der Waals surface area contributed by atoms with Crippen molar-refractivity contribution in [1.82, 2.24) is 0 Å². The van der Waals surface area contributed by atoms with Crippen LogP contribution in [0.2, 0.25) is 0 Å². The van der Waals surface area contributed by atoms with Crippen molar-refractivity contribution in [2.75, 3.05) is 0 Å². The van der Waals surface area contributed by atoms with E-state index in [4.69, 9.17) is 20.4 Å². The molecule has 0 amide bonds. The zero-order chi connectivity index (χ0) is 13.1. The lowest BCUT2D eigenvalue weighted by Crippen LogP contribution is -2.11. The third kappa shape index (κ3) is 18.6. The number of aliphatic carboxylic acids is 2. The van der Waals surface area contributed by atoms with Gasteiger partial charge in [0.1, 0.15) is 0 Å². The Morgan fingerprint density at radius 3 is 1.31 bits per heavy atom. The minimum atomic E-state index is -1.15. The average Bonchev–Trinajstić information content (AvgIpc) is 2.12. The number of carboxylic acids is 2. The van der Waals surface area contributed by atoms with Crippen LogP contribution in [0.1, 0.15) is 39.5 Å². The molecule has 0 heterocycles. The van der Waals surface area contributed by atoms with Crippen LogP contribution in [0.5, 0.6) is 0 Å². The summed E-state index contributed by atoms with van der Waals surface area (Å²) in [6, 6.07) is 0. The van der Waals surface area contributed by atoms with E-state index in [1.165, 1.54) is 0 Å².